The highest BCUT2D eigenvalue weighted by atomic mass is 15.1. The molecule has 0 aliphatic carbocycles. The maximum Gasteiger partial charge on any atom is 0.0236 e. The van der Waals surface area contributed by atoms with Crippen LogP contribution in [0.15, 0.2) is 36.5 Å². The molecule has 1 heterocycles. The molecule has 0 amide bonds. The molecule has 1 rings (SSSR count). The zero-order valence-corrected chi connectivity index (χ0v) is 9.26. The van der Waals surface area contributed by atoms with Crippen molar-refractivity contribution in [2.45, 2.75) is 26.2 Å². The van der Waals surface area contributed by atoms with Crippen LogP contribution in [0, 0.1) is 0 Å². The second-order valence-electron chi connectivity index (χ2n) is 3.95. The van der Waals surface area contributed by atoms with Crippen molar-refractivity contribution >= 4 is 0 Å². The molecule has 0 spiro atoms. The summed E-state index contributed by atoms with van der Waals surface area (Å²) in [4.78, 5) is 2.51. The van der Waals surface area contributed by atoms with Gasteiger partial charge in [-0.1, -0.05) is 31.7 Å². The molecule has 0 aromatic carbocycles. The Labute approximate surface area is 87.8 Å². The molecule has 1 fully saturated rings. The van der Waals surface area contributed by atoms with Gasteiger partial charge in [0.25, 0.3) is 0 Å². The minimum atomic E-state index is 1.04. The van der Waals surface area contributed by atoms with Gasteiger partial charge in [0.05, 0.1) is 0 Å². The quantitative estimate of drug-likeness (QED) is 0.617. The van der Waals surface area contributed by atoms with Crippen LogP contribution in [0.1, 0.15) is 26.2 Å². The highest BCUT2D eigenvalue weighted by molar-refractivity contribution is 5.30. The van der Waals surface area contributed by atoms with Crippen LogP contribution < -0.4 is 0 Å². The van der Waals surface area contributed by atoms with E-state index in [0.29, 0.717) is 0 Å². The largest absolute Gasteiger partial charge is 0.299 e. The highest BCUT2D eigenvalue weighted by Crippen LogP contribution is 2.13. The molecule has 0 atom stereocenters. The van der Waals surface area contributed by atoms with Crippen LogP contribution in [0.25, 0.3) is 0 Å². The number of allylic oxidation sites excluding steroid dienone is 2. The van der Waals surface area contributed by atoms with E-state index in [-0.39, 0.29) is 0 Å². The van der Waals surface area contributed by atoms with E-state index >= 15 is 0 Å². The first-order valence-corrected chi connectivity index (χ1v) is 5.45. The van der Waals surface area contributed by atoms with Crippen LogP contribution in [-0.2, 0) is 0 Å². The van der Waals surface area contributed by atoms with Gasteiger partial charge in [0, 0.05) is 6.54 Å². The van der Waals surface area contributed by atoms with E-state index in [2.05, 4.69) is 25.0 Å². The van der Waals surface area contributed by atoms with Gasteiger partial charge in [-0.05, 0) is 44.0 Å². The fourth-order valence-electron chi connectivity index (χ4n) is 1.84. The topological polar surface area (TPSA) is 3.24 Å². The lowest BCUT2D eigenvalue weighted by Gasteiger charge is -2.27. The average Bonchev–Trinajstić information content (AvgIpc) is 2.26. The van der Waals surface area contributed by atoms with Gasteiger partial charge in [0.15, 0.2) is 0 Å². The van der Waals surface area contributed by atoms with Gasteiger partial charge >= 0.3 is 0 Å². The van der Waals surface area contributed by atoms with Crippen LogP contribution in [0.3, 0.4) is 0 Å². The van der Waals surface area contributed by atoms with Crippen LogP contribution in [0.5, 0.6) is 0 Å². The number of hydrogen-bond donors (Lipinski definition) is 0. The summed E-state index contributed by atoms with van der Waals surface area (Å²) in [5.41, 5.74) is 2.58. The third-order valence-electron chi connectivity index (χ3n) is 2.90. The second kappa shape index (κ2) is 5.82. The Balaban J connectivity index is 2.55. The van der Waals surface area contributed by atoms with Crippen LogP contribution in [-0.4, -0.2) is 24.5 Å². The van der Waals surface area contributed by atoms with Crippen molar-refractivity contribution in [3.8, 4) is 0 Å². The summed E-state index contributed by atoms with van der Waals surface area (Å²) in [6, 6.07) is 0. The molecule has 1 aliphatic rings. The molecule has 78 valence electrons. The Kier molecular flexibility index (Phi) is 4.68. The van der Waals surface area contributed by atoms with E-state index in [1.807, 2.05) is 12.2 Å². The van der Waals surface area contributed by atoms with Crippen LogP contribution in [0.2, 0.25) is 0 Å². The summed E-state index contributed by atoms with van der Waals surface area (Å²) in [5.74, 6) is 0. The lowest BCUT2D eigenvalue weighted by atomic mass is 10.1. The molecule has 1 heteroatoms. The Bertz CT molecular complexity index is 232. The van der Waals surface area contributed by atoms with E-state index in [0.717, 1.165) is 6.54 Å². The van der Waals surface area contributed by atoms with Gasteiger partial charge in [0.1, 0.15) is 0 Å². The van der Waals surface area contributed by atoms with Gasteiger partial charge < -0.3 is 0 Å². The van der Waals surface area contributed by atoms with E-state index < -0.39 is 0 Å². The summed E-state index contributed by atoms with van der Waals surface area (Å²) in [6.45, 7) is 13.3. The normalized spacial score (nSPS) is 20.1. The number of likely N-dealkylation sites (tertiary alicyclic amines) is 1. The molecule has 1 saturated heterocycles. The maximum atomic E-state index is 3.86. The van der Waals surface area contributed by atoms with E-state index in [4.69, 9.17) is 0 Å². The summed E-state index contributed by atoms with van der Waals surface area (Å²) in [7, 11) is 0. The molecule has 0 aromatic rings. The Morgan fingerprint density at radius 1 is 1.14 bits per heavy atom. The zero-order valence-electron chi connectivity index (χ0n) is 9.26. The Morgan fingerprint density at radius 3 is 2.29 bits per heavy atom. The first kappa shape index (κ1) is 11.3. The molecular weight excluding hydrogens is 170 g/mol. The molecule has 0 saturated carbocycles. The SMILES string of the molecule is C=C/C(C)=C(\C=C)CN1CCCCC1. The molecule has 1 aliphatic heterocycles. The molecule has 0 bridgehead atoms. The van der Waals surface area contributed by atoms with Crippen molar-refractivity contribution in [3.05, 3.63) is 36.5 Å². The van der Waals surface area contributed by atoms with Gasteiger partial charge in [-0.3, -0.25) is 4.90 Å². The average molecular weight is 191 g/mol. The molecule has 0 unspecified atom stereocenters. The minimum Gasteiger partial charge on any atom is -0.299 e. The summed E-state index contributed by atoms with van der Waals surface area (Å²) < 4.78 is 0. The number of nitrogens with zero attached hydrogens (tertiary/aromatic N) is 1. The van der Waals surface area contributed by atoms with Crippen molar-refractivity contribution < 1.29 is 0 Å². The molecular formula is C13H21N. The number of rotatable bonds is 4. The predicted octanol–water partition coefficient (Wildman–Crippen LogP) is 3.16. The molecule has 1 nitrogen and oxygen atoms in total. The van der Waals surface area contributed by atoms with Crippen LogP contribution in [0.4, 0.5) is 0 Å². The zero-order chi connectivity index (χ0) is 10.4. The van der Waals surface area contributed by atoms with Gasteiger partial charge in [-0.2, -0.15) is 0 Å². The molecule has 0 radical (unpaired) electrons. The Hall–Kier alpha value is -0.820. The lowest BCUT2D eigenvalue weighted by molar-refractivity contribution is 0.248. The van der Waals surface area contributed by atoms with Gasteiger partial charge in [0.2, 0.25) is 0 Å². The maximum absolute atomic E-state index is 3.86. The van der Waals surface area contributed by atoms with Crippen molar-refractivity contribution in [2.24, 2.45) is 0 Å². The predicted molar refractivity (Wildman–Crippen MR) is 63.4 cm³/mol. The smallest absolute Gasteiger partial charge is 0.0236 e. The lowest BCUT2D eigenvalue weighted by Crippen LogP contribution is -2.31. The molecule has 0 N–H and O–H groups in total. The second-order valence-corrected chi connectivity index (χ2v) is 3.95. The molecule has 0 aromatic heterocycles. The van der Waals surface area contributed by atoms with Gasteiger partial charge in [-0.25, -0.2) is 0 Å². The first-order chi connectivity index (χ1) is 6.77. The van der Waals surface area contributed by atoms with Crippen molar-refractivity contribution in [1.29, 1.82) is 0 Å². The Morgan fingerprint density at radius 2 is 1.79 bits per heavy atom. The molecule has 14 heavy (non-hydrogen) atoms. The van der Waals surface area contributed by atoms with Crippen molar-refractivity contribution in [2.75, 3.05) is 19.6 Å². The standard InChI is InChI=1S/C13H21N/c1-4-12(3)13(5-2)11-14-9-7-6-8-10-14/h4-5H,1-2,6-11H2,3H3/b13-12+. The highest BCUT2D eigenvalue weighted by Gasteiger charge is 2.10. The van der Waals surface area contributed by atoms with Crippen molar-refractivity contribution in [3.63, 3.8) is 0 Å². The third kappa shape index (κ3) is 3.15. The summed E-state index contributed by atoms with van der Waals surface area (Å²) in [6.07, 6.45) is 7.96. The van der Waals surface area contributed by atoms with E-state index in [1.165, 1.54) is 43.5 Å². The minimum absolute atomic E-state index is 1.04. The first-order valence-electron chi connectivity index (χ1n) is 5.45. The monoisotopic (exact) mass is 191 g/mol. The van der Waals surface area contributed by atoms with Crippen molar-refractivity contribution in [1.82, 2.24) is 4.90 Å². The fourth-order valence-corrected chi connectivity index (χ4v) is 1.84. The fraction of sp³-hybridized carbons (Fsp3) is 0.538. The third-order valence-corrected chi connectivity index (χ3v) is 2.90. The number of piperidine rings is 1. The van der Waals surface area contributed by atoms with E-state index in [9.17, 15) is 0 Å². The summed E-state index contributed by atoms with van der Waals surface area (Å²) >= 11 is 0. The summed E-state index contributed by atoms with van der Waals surface area (Å²) in [5, 5.41) is 0. The number of hydrogen-bond acceptors (Lipinski definition) is 1. The van der Waals surface area contributed by atoms with Crippen LogP contribution >= 0.6 is 0 Å². The van der Waals surface area contributed by atoms with Gasteiger partial charge in [-0.15, -0.1) is 0 Å². The van der Waals surface area contributed by atoms with E-state index in [1.54, 1.807) is 0 Å².